The molecule has 0 spiro atoms. The van der Waals surface area contributed by atoms with Gasteiger partial charge in [-0.1, -0.05) is 5.16 Å². The molecule has 17 heavy (non-hydrogen) atoms. The van der Waals surface area contributed by atoms with E-state index >= 15 is 0 Å². The second-order valence-corrected chi connectivity index (χ2v) is 5.09. The average Bonchev–Trinajstić information content (AvgIpc) is 2.61. The van der Waals surface area contributed by atoms with E-state index in [0.29, 0.717) is 24.8 Å². The van der Waals surface area contributed by atoms with Crippen LogP contribution in [0, 0.1) is 6.92 Å². The zero-order valence-electron chi connectivity index (χ0n) is 10.5. The summed E-state index contributed by atoms with van der Waals surface area (Å²) in [6.07, 6.45) is -0.150. The first-order chi connectivity index (χ1) is 7.98. The molecular weight excluding hydrogens is 222 g/mol. The zero-order chi connectivity index (χ0) is 12.5. The molecular formula is C11H19N3O3. The monoisotopic (exact) mass is 241 g/mol. The van der Waals surface area contributed by atoms with Gasteiger partial charge in [0, 0.05) is 13.1 Å². The van der Waals surface area contributed by atoms with Gasteiger partial charge in [-0.3, -0.25) is 4.90 Å². The van der Waals surface area contributed by atoms with E-state index in [1.807, 2.05) is 13.8 Å². The minimum atomic E-state index is -0.263. The quantitative estimate of drug-likeness (QED) is 0.823. The largest absolute Gasteiger partial charge is 0.394 e. The van der Waals surface area contributed by atoms with Gasteiger partial charge in [0.05, 0.1) is 24.9 Å². The van der Waals surface area contributed by atoms with Gasteiger partial charge in [-0.25, -0.2) is 0 Å². The molecule has 1 unspecified atom stereocenters. The zero-order valence-corrected chi connectivity index (χ0v) is 10.5. The highest BCUT2D eigenvalue weighted by Crippen LogP contribution is 2.21. The highest BCUT2D eigenvalue weighted by atomic mass is 16.5. The fraction of sp³-hybridized carbons (Fsp3) is 0.818. The molecule has 1 aromatic heterocycles. The topological polar surface area (TPSA) is 71.6 Å². The van der Waals surface area contributed by atoms with Crippen LogP contribution in [0.15, 0.2) is 4.52 Å². The van der Waals surface area contributed by atoms with Crippen molar-refractivity contribution >= 4 is 0 Å². The van der Waals surface area contributed by atoms with Crippen LogP contribution in [0.25, 0.3) is 0 Å². The second-order valence-electron chi connectivity index (χ2n) is 5.09. The lowest BCUT2D eigenvalue weighted by atomic mass is 10.1. The molecule has 0 radical (unpaired) electrons. The van der Waals surface area contributed by atoms with Crippen LogP contribution in [0.4, 0.5) is 0 Å². The van der Waals surface area contributed by atoms with E-state index in [9.17, 15) is 5.11 Å². The Kier molecular flexibility index (Phi) is 3.46. The molecule has 96 valence electrons. The number of hydrogen-bond acceptors (Lipinski definition) is 6. The van der Waals surface area contributed by atoms with Crippen LogP contribution >= 0.6 is 0 Å². The standard InChI is InChI=1S/C11H19N3O3/c1-8-12-10(17-13-8)5-14-4-9(6-15)16-11(2,3)7-14/h9,15H,4-7H2,1-3H3. The lowest BCUT2D eigenvalue weighted by Gasteiger charge is -2.41. The maximum absolute atomic E-state index is 9.21. The third-order valence-electron chi connectivity index (χ3n) is 2.68. The molecule has 1 aliphatic heterocycles. The first kappa shape index (κ1) is 12.5. The van der Waals surface area contributed by atoms with E-state index in [1.165, 1.54) is 0 Å². The summed E-state index contributed by atoms with van der Waals surface area (Å²) in [5.74, 6) is 1.25. The molecule has 0 aromatic carbocycles. The second kappa shape index (κ2) is 4.72. The molecule has 1 N–H and O–H groups in total. The van der Waals surface area contributed by atoms with Gasteiger partial charge in [0.1, 0.15) is 0 Å². The van der Waals surface area contributed by atoms with Gasteiger partial charge in [-0.15, -0.1) is 0 Å². The minimum absolute atomic E-state index is 0.0305. The summed E-state index contributed by atoms with van der Waals surface area (Å²) in [4.78, 5) is 6.34. The number of aliphatic hydroxyl groups is 1. The molecule has 1 aromatic rings. The molecule has 6 nitrogen and oxygen atoms in total. The number of aryl methyl sites for hydroxylation is 1. The Hall–Kier alpha value is -0.980. The van der Waals surface area contributed by atoms with Crippen molar-refractivity contribution in [1.82, 2.24) is 15.0 Å². The summed E-state index contributed by atoms with van der Waals surface area (Å²) in [6, 6.07) is 0. The van der Waals surface area contributed by atoms with Crippen molar-refractivity contribution in [1.29, 1.82) is 0 Å². The molecule has 6 heteroatoms. The van der Waals surface area contributed by atoms with Gasteiger partial charge in [0.25, 0.3) is 0 Å². The Labute approximate surface area is 101 Å². The summed E-state index contributed by atoms with van der Waals surface area (Å²) in [5.41, 5.74) is -0.263. The smallest absolute Gasteiger partial charge is 0.240 e. The van der Waals surface area contributed by atoms with Crippen molar-refractivity contribution in [3.63, 3.8) is 0 Å². The summed E-state index contributed by atoms with van der Waals surface area (Å²) >= 11 is 0. The van der Waals surface area contributed by atoms with Crippen LogP contribution in [0.3, 0.4) is 0 Å². The first-order valence-electron chi connectivity index (χ1n) is 5.79. The van der Waals surface area contributed by atoms with Gasteiger partial charge >= 0.3 is 0 Å². The number of ether oxygens (including phenoxy) is 1. The number of aromatic nitrogens is 2. The Balaban J connectivity index is 2.00. The summed E-state index contributed by atoms with van der Waals surface area (Å²) in [7, 11) is 0. The van der Waals surface area contributed by atoms with Crippen LogP contribution in [-0.2, 0) is 11.3 Å². The van der Waals surface area contributed by atoms with Crippen molar-refractivity contribution in [2.75, 3.05) is 19.7 Å². The number of aliphatic hydroxyl groups excluding tert-OH is 1. The maximum atomic E-state index is 9.21. The number of nitrogens with zero attached hydrogens (tertiary/aromatic N) is 3. The predicted octanol–water partition coefficient (Wildman–Crippen LogP) is 0.350. The van der Waals surface area contributed by atoms with E-state index in [0.717, 1.165) is 6.54 Å². The normalized spacial score (nSPS) is 25.1. The molecule has 1 atom stereocenters. The summed E-state index contributed by atoms with van der Waals surface area (Å²) in [5, 5.41) is 13.0. The average molecular weight is 241 g/mol. The van der Waals surface area contributed by atoms with E-state index in [1.54, 1.807) is 6.92 Å². The minimum Gasteiger partial charge on any atom is -0.394 e. The number of rotatable bonds is 3. The fourth-order valence-corrected chi connectivity index (χ4v) is 2.23. The van der Waals surface area contributed by atoms with E-state index in [2.05, 4.69) is 15.0 Å². The Morgan fingerprint density at radius 1 is 1.53 bits per heavy atom. The fourth-order valence-electron chi connectivity index (χ4n) is 2.23. The van der Waals surface area contributed by atoms with E-state index < -0.39 is 0 Å². The van der Waals surface area contributed by atoms with E-state index in [4.69, 9.17) is 9.26 Å². The van der Waals surface area contributed by atoms with Crippen molar-refractivity contribution in [3.8, 4) is 0 Å². The SMILES string of the molecule is Cc1noc(CN2CC(CO)OC(C)(C)C2)n1. The third-order valence-corrected chi connectivity index (χ3v) is 2.68. The van der Waals surface area contributed by atoms with Crippen molar-refractivity contribution in [3.05, 3.63) is 11.7 Å². The van der Waals surface area contributed by atoms with Gasteiger partial charge in [-0.2, -0.15) is 4.98 Å². The van der Waals surface area contributed by atoms with Crippen molar-refractivity contribution in [2.24, 2.45) is 0 Å². The van der Waals surface area contributed by atoms with Gasteiger partial charge < -0.3 is 14.4 Å². The lowest BCUT2D eigenvalue weighted by molar-refractivity contribution is -0.151. The Bertz CT molecular complexity index is 378. The molecule has 0 saturated carbocycles. The van der Waals surface area contributed by atoms with Crippen molar-refractivity contribution in [2.45, 2.75) is 39.0 Å². The predicted molar refractivity (Wildman–Crippen MR) is 60.3 cm³/mol. The van der Waals surface area contributed by atoms with Crippen LogP contribution in [0.5, 0.6) is 0 Å². The number of hydrogen-bond donors (Lipinski definition) is 1. The first-order valence-corrected chi connectivity index (χ1v) is 5.79. The molecule has 1 aliphatic rings. The van der Waals surface area contributed by atoms with E-state index in [-0.39, 0.29) is 18.3 Å². The molecule has 2 heterocycles. The highest BCUT2D eigenvalue weighted by Gasteiger charge is 2.33. The van der Waals surface area contributed by atoms with Gasteiger partial charge in [0.15, 0.2) is 5.82 Å². The molecule has 0 amide bonds. The summed E-state index contributed by atoms with van der Waals surface area (Å²) < 4.78 is 10.8. The van der Waals surface area contributed by atoms with Crippen LogP contribution in [0.2, 0.25) is 0 Å². The van der Waals surface area contributed by atoms with Gasteiger partial charge in [0.2, 0.25) is 5.89 Å². The van der Waals surface area contributed by atoms with Crippen molar-refractivity contribution < 1.29 is 14.4 Å². The molecule has 0 bridgehead atoms. The Morgan fingerprint density at radius 3 is 2.88 bits per heavy atom. The molecule has 1 saturated heterocycles. The molecule has 1 fully saturated rings. The molecule has 2 rings (SSSR count). The van der Waals surface area contributed by atoms with Crippen LogP contribution in [-0.4, -0.2) is 51.5 Å². The number of morpholine rings is 1. The molecule has 0 aliphatic carbocycles. The lowest BCUT2D eigenvalue weighted by Crippen LogP contribution is -2.53. The van der Waals surface area contributed by atoms with Crippen LogP contribution < -0.4 is 0 Å². The highest BCUT2D eigenvalue weighted by molar-refractivity contribution is 4.88. The maximum Gasteiger partial charge on any atom is 0.240 e. The third kappa shape index (κ3) is 3.24. The summed E-state index contributed by atoms with van der Waals surface area (Å²) in [6.45, 7) is 7.92. The Morgan fingerprint density at radius 2 is 2.29 bits per heavy atom. The van der Waals surface area contributed by atoms with Gasteiger partial charge in [-0.05, 0) is 20.8 Å². The van der Waals surface area contributed by atoms with Crippen LogP contribution in [0.1, 0.15) is 25.6 Å².